The van der Waals surface area contributed by atoms with Crippen molar-refractivity contribution in [1.82, 2.24) is 10.2 Å². The van der Waals surface area contributed by atoms with E-state index in [1.165, 1.54) is 38.9 Å². The Morgan fingerprint density at radius 2 is 2.30 bits per heavy atom. The van der Waals surface area contributed by atoms with Gasteiger partial charge in [0.2, 0.25) is 0 Å². The average Bonchev–Trinajstić information content (AvgIpc) is 2.48. The van der Waals surface area contributed by atoms with Gasteiger partial charge in [-0.25, -0.2) is 0 Å². The van der Waals surface area contributed by atoms with Gasteiger partial charge in [0.15, 0.2) is 0 Å². The average molecular weight is 140 g/mol. The highest BCUT2D eigenvalue weighted by molar-refractivity contribution is 4.99. The van der Waals surface area contributed by atoms with E-state index in [1.54, 1.807) is 0 Å². The van der Waals surface area contributed by atoms with Crippen LogP contribution < -0.4 is 5.32 Å². The highest BCUT2D eigenvalue weighted by Crippen LogP contribution is 2.32. The minimum Gasteiger partial charge on any atom is -0.315 e. The summed E-state index contributed by atoms with van der Waals surface area (Å²) in [5, 5.41) is 3.44. The Hall–Kier alpha value is -0.0800. The molecule has 58 valence electrons. The second-order valence-electron chi connectivity index (χ2n) is 3.68. The van der Waals surface area contributed by atoms with E-state index in [0.717, 1.165) is 0 Å². The lowest BCUT2D eigenvalue weighted by molar-refractivity contribution is 0.196. The van der Waals surface area contributed by atoms with Gasteiger partial charge in [-0.2, -0.15) is 0 Å². The molecule has 1 spiro atoms. The normalized spacial score (nSPS) is 41.7. The Morgan fingerprint density at radius 1 is 1.40 bits per heavy atom. The fraction of sp³-hybridized carbons (Fsp3) is 1.00. The fourth-order valence-corrected chi connectivity index (χ4v) is 2.34. The third kappa shape index (κ3) is 0.789. The number of nitrogens with one attached hydrogen (secondary N) is 1. The Kier molecular flexibility index (Phi) is 1.46. The third-order valence-electron chi connectivity index (χ3n) is 3.17. The number of likely N-dealkylation sites (N-methyl/N-ethyl adjacent to an activating group) is 1. The first kappa shape index (κ1) is 6.62. The van der Waals surface area contributed by atoms with E-state index < -0.39 is 0 Å². The lowest BCUT2D eigenvalue weighted by atomic mass is 9.96. The summed E-state index contributed by atoms with van der Waals surface area (Å²) in [6.45, 7) is 3.76. The summed E-state index contributed by atoms with van der Waals surface area (Å²) in [6.07, 6.45) is 4.18. The van der Waals surface area contributed by atoms with Crippen molar-refractivity contribution in [2.45, 2.75) is 24.8 Å². The van der Waals surface area contributed by atoms with Crippen LogP contribution in [0.2, 0.25) is 0 Å². The van der Waals surface area contributed by atoms with E-state index in [4.69, 9.17) is 0 Å². The predicted octanol–water partition coefficient (Wildman–Crippen LogP) is 0.444. The van der Waals surface area contributed by atoms with E-state index in [1.807, 2.05) is 0 Å². The van der Waals surface area contributed by atoms with Gasteiger partial charge in [0.1, 0.15) is 0 Å². The highest BCUT2D eigenvalue weighted by Gasteiger charge is 2.40. The number of rotatable bonds is 0. The Bertz CT molecular complexity index is 122. The van der Waals surface area contributed by atoms with Crippen LogP contribution in [0.25, 0.3) is 0 Å². The first-order chi connectivity index (χ1) is 4.83. The Morgan fingerprint density at radius 3 is 2.80 bits per heavy atom. The zero-order valence-electron chi connectivity index (χ0n) is 6.69. The van der Waals surface area contributed by atoms with Crippen LogP contribution >= 0.6 is 0 Å². The molecule has 2 heterocycles. The van der Waals surface area contributed by atoms with Gasteiger partial charge in [-0.1, -0.05) is 0 Å². The highest BCUT2D eigenvalue weighted by atomic mass is 15.2. The SMILES string of the molecule is CN1CCC[C@]12CCNC2. The maximum atomic E-state index is 3.44. The molecule has 2 aliphatic rings. The summed E-state index contributed by atoms with van der Waals surface area (Å²) >= 11 is 0. The van der Waals surface area contributed by atoms with E-state index >= 15 is 0 Å². The van der Waals surface area contributed by atoms with E-state index in [9.17, 15) is 0 Å². The van der Waals surface area contributed by atoms with Crippen molar-refractivity contribution >= 4 is 0 Å². The second kappa shape index (κ2) is 2.21. The Labute approximate surface area is 62.6 Å². The van der Waals surface area contributed by atoms with Crippen LogP contribution in [0.5, 0.6) is 0 Å². The molecule has 0 unspecified atom stereocenters. The van der Waals surface area contributed by atoms with Crippen molar-refractivity contribution in [3.05, 3.63) is 0 Å². The molecule has 0 saturated carbocycles. The van der Waals surface area contributed by atoms with Crippen LogP contribution in [0.1, 0.15) is 19.3 Å². The van der Waals surface area contributed by atoms with Crippen molar-refractivity contribution in [2.75, 3.05) is 26.7 Å². The lowest BCUT2D eigenvalue weighted by Crippen LogP contribution is -2.42. The van der Waals surface area contributed by atoms with Crippen molar-refractivity contribution in [1.29, 1.82) is 0 Å². The molecular weight excluding hydrogens is 124 g/mol. The van der Waals surface area contributed by atoms with Gasteiger partial charge < -0.3 is 5.32 Å². The first-order valence-electron chi connectivity index (χ1n) is 4.25. The summed E-state index contributed by atoms with van der Waals surface area (Å²) in [6, 6.07) is 0. The smallest absolute Gasteiger partial charge is 0.0343 e. The third-order valence-corrected chi connectivity index (χ3v) is 3.17. The van der Waals surface area contributed by atoms with Crippen molar-refractivity contribution in [3.8, 4) is 0 Å². The number of likely N-dealkylation sites (tertiary alicyclic amines) is 1. The quantitative estimate of drug-likeness (QED) is 0.525. The molecule has 1 atom stereocenters. The van der Waals surface area contributed by atoms with Gasteiger partial charge in [0, 0.05) is 12.1 Å². The lowest BCUT2D eigenvalue weighted by Gasteiger charge is -2.30. The van der Waals surface area contributed by atoms with Gasteiger partial charge in [-0.05, 0) is 39.4 Å². The fourth-order valence-electron chi connectivity index (χ4n) is 2.34. The van der Waals surface area contributed by atoms with Gasteiger partial charge >= 0.3 is 0 Å². The molecule has 2 rings (SSSR count). The molecule has 0 bridgehead atoms. The molecule has 2 heteroatoms. The summed E-state index contributed by atoms with van der Waals surface area (Å²) in [5.74, 6) is 0. The van der Waals surface area contributed by atoms with Crippen LogP contribution in [0.4, 0.5) is 0 Å². The van der Waals surface area contributed by atoms with Crippen LogP contribution in [-0.2, 0) is 0 Å². The maximum Gasteiger partial charge on any atom is 0.0343 e. The molecule has 2 aliphatic heterocycles. The molecule has 0 aromatic carbocycles. The largest absolute Gasteiger partial charge is 0.315 e. The molecular formula is C8H16N2. The molecule has 2 nitrogen and oxygen atoms in total. The van der Waals surface area contributed by atoms with Crippen LogP contribution in [0, 0.1) is 0 Å². The number of nitrogens with zero attached hydrogens (tertiary/aromatic N) is 1. The minimum absolute atomic E-state index is 0.569. The van der Waals surface area contributed by atoms with Crippen molar-refractivity contribution in [2.24, 2.45) is 0 Å². The molecule has 0 aromatic heterocycles. The molecule has 2 fully saturated rings. The summed E-state index contributed by atoms with van der Waals surface area (Å²) in [5.41, 5.74) is 0.569. The van der Waals surface area contributed by atoms with Crippen molar-refractivity contribution in [3.63, 3.8) is 0 Å². The van der Waals surface area contributed by atoms with E-state index in [-0.39, 0.29) is 0 Å². The summed E-state index contributed by atoms with van der Waals surface area (Å²) in [7, 11) is 2.26. The summed E-state index contributed by atoms with van der Waals surface area (Å²) in [4.78, 5) is 2.53. The zero-order valence-corrected chi connectivity index (χ0v) is 6.69. The first-order valence-corrected chi connectivity index (χ1v) is 4.25. The molecule has 0 radical (unpaired) electrons. The second-order valence-corrected chi connectivity index (χ2v) is 3.68. The van der Waals surface area contributed by atoms with Crippen molar-refractivity contribution < 1.29 is 0 Å². The topological polar surface area (TPSA) is 15.3 Å². The molecule has 0 aliphatic carbocycles. The molecule has 0 amide bonds. The van der Waals surface area contributed by atoms with Gasteiger partial charge in [-0.3, -0.25) is 4.90 Å². The van der Waals surface area contributed by atoms with Gasteiger partial charge in [-0.15, -0.1) is 0 Å². The van der Waals surface area contributed by atoms with Gasteiger partial charge in [0.05, 0.1) is 0 Å². The maximum absolute atomic E-state index is 3.44. The molecule has 2 saturated heterocycles. The zero-order chi connectivity index (χ0) is 7.03. The standard InChI is InChI=1S/C8H16N2/c1-10-6-2-3-8(10)4-5-9-7-8/h9H,2-7H2,1H3/t8-/m1/s1. The predicted molar refractivity (Wildman–Crippen MR) is 42.1 cm³/mol. The molecule has 1 N–H and O–H groups in total. The van der Waals surface area contributed by atoms with E-state index in [2.05, 4.69) is 17.3 Å². The van der Waals surface area contributed by atoms with Crippen LogP contribution in [0.3, 0.4) is 0 Å². The van der Waals surface area contributed by atoms with Crippen LogP contribution in [0.15, 0.2) is 0 Å². The van der Waals surface area contributed by atoms with E-state index in [0.29, 0.717) is 5.54 Å². The molecule has 10 heavy (non-hydrogen) atoms. The molecule has 0 aromatic rings. The number of hydrogen-bond acceptors (Lipinski definition) is 2. The minimum atomic E-state index is 0.569. The number of hydrogen-bond donors (Lipinski definition) is 1. The monoisotopic (exact) mass is 140 g/mol. The van der Waals surface area contributed by atoms with Crippen LogP contribution in [-0.4, -0.2) is 37.1 Å². The Balaban J connectivity index is 2.11. The van der Waals surface area contributed by atoms with Gasteiger partial charge in [0.25, 0.3) is 0 Å². The summed E-state index contributed by atoms with van der Waals surface area (Å²) < 4.78 is 0.